The Balaban J connectivity index is 2.92. The van der Waals surface area contributed by atoms with Crippen LogP contribution in [0, 0.1) is 6.92 Å². The molecule has 0 saturated heterocycles. The molecule has 1 aromatic carbocycles. The first-order valence-corrected chi connectivity index (χ1v) is 5.95. The van der Waals surface area contributed by atoms with Crippen LogP contribution in [0.25, 0.3) is 0 Å². The van der Waals surface area contributed by atoms with Crippen LogP contribution in [-0.2, 0) is 6.42 Å². The van der Waals surface area contributed by atoms with Crippen LogP contribution in [-0.4, -0.2) is 0 Å². The van der Waals surface area contributed by atoms with Gasteiger partial charge in [-0.3, -0.25) is 0 Å². The molecule has 0 amide bonds. The van der Waals surface area contributed by atoms with E-state index < -0.39 is 0 Å². The van der Waals surface area contributed by atoms with Crippen molar-refractivity contribution < 1.29 is 0 Å². The summed E-state index contributed by atoms with van der Waals surface area (Å²) >= 11 is 0. The summed E-state index contributed by atoms with van der Waals surface area (Å²) in [5, 5.41) is 2.98. The van der Waals surface area contributed by atoms with Gasteiger partial charge in [0.25, 0.3) is 0 Å². The molecule has 0 radical (unpaired) electrons. The van der Waals surface area contributed by atoms with Gasteiger partial charge in [0.15, 0.2) is 0 Å². The standard InChI is InChI=1S/C15H22N2/c1-6-14-9-15(8-7-10(14)2)11(3)12(4)17-13(5)16/h7-9,11,17H,4-6,16H2,1-3H3. The smallest absolute Gasteiger partial charge is 0.0928 e. The van der Waals surface area contributed by atoms with E-state index in [1.54, 1.807) is 0 Å². The van der Waals surface area contributed by atoms with Crippen LogP contribution in [0.4, 0.5) is 0 Å². The summed E-state index contributed by atoms with van der Waals surface area (Å²) in [6.45, 7) is 14.0. The van der Waals surface area contributed by atoms with Crippen molar-refractivity contribution in [3.05, 3.63) is 59.6 Å². The van der Waals surface area contributed by atoms with E-state index >= 15 is 0 Å². The maximum absolute atomic E-state index is 5.52. The van der Waals surface area contributed by atoms with Gasteiger partial charge in [-0.25, -0.2) is 0 Å². The fourth-order valence-electron chi connectivity index (χ4n) is 1.86. The Kier molecular flexibility index (Phi) is 4.38. The average Bonchev–Trinajstić information content (AvgIpc) is 2.27. The molecule has 17 heavy (non-hydrogen) atoms. The third-order valence-corrected chi connectivity index (χ3v) is 3.10. The molecule has 0 aliphatic heterocycles. The van der Waals surface area contributed by atoms with Gasteiger partial charge < -0.3 is 11.1 Å². The summed E-state index contributed by atoms with van der Waals surface area (Å²) in [5.41, 5.74) is 10.4. The number of aryl methyl sites for hydroxylation is 2. The van der Waals surface area contributed by atoms with Crippen molar-refractivity contribution in [3.63, 3.8) is 0 Å². The Morgan fingerprint density at radius 2 is 2.06 bits per heavy atom. The topological polar surface area (TPSA) is 38.0 Å². The fourth-order valence-corrected chi connectivity index (χ4v) is 1.86. The molecule has 1 aromatic rings. The van der Waals surface area contributed by atoms with Crippen LogP contribution in [0.1, 0.15) is 36.5 Å². The molecule has 2 nitrogen and oxygen atoms in total. The SMILES string of the molecule is C=C(N)NC(=C)C(C)c1ccc(C)c(CC)c1. The summed E-state index contributed by atoms with van der Waals surface area (Å²) in [7, 11) is 0. The van der Waals surface area contributed by atoms with Crippen LogP contribution in [0.3, 0.4) is 0 Å². The Hall–Kier alpha value is -1.70. The first kappa shape index (κ1) is 13.4. The number of hydrogen-bond donors (Lipinski definition) is 2. The van der Waals surface area contributed by atoms with Gasteiger partial charge >= 0.3 is 0 Å². The molecule has 3 N–H and O–H groups in total. The van der Waals surface area contributed by atoms with Gasteiger partial charge in [-0.2, -0.15) is 0 Å². The molecule has 0 bridgehead atoms. The zero-order chi connectivity index (χ0) is 13.0. The van der Waals surface area contributed by atoms with E-state index in [0.717, 1.165) is 12.1 Å². The summed E-state index contributed by atoms with van der Waals surface area (Å²) in [4.78, 5) is 0. The van der Waals surface area contributed by atoms with Gasteiger partial charge in [0.05, 0.1) is 5.82 Å². The van der Waals surface area contributed by atoms with Gasteiger partial charge in [-0.15, -0.1) is 0 Å². The number of nitrogens with one attached hydrogen (secondary N) is 1. The molecule has 1 unspecified atom stereocenters. The molecule has 0 fully saturated rings. The maximum Gasteiger partial charge on any atom is 0.0928 e. The number of allylic oxidation sites excluding steroid dienone is 1. The maximum atomic E-state index is 5.52. The van der Waals surface area contributed by atoms with E-state index in [1.165, 1.54) is 16.7 Å². The third kappa shape index (κ3) is 3.38. The normalized spacial score (nSPS) is 11.9. The quantitative estimate of drug-likeness (QED) is 0.815. The highest BCUT2D eigenvalue weighted by molar-refractivity contribution is 5.35. The molecule has 1 rings (SSSR count). The van der Waals surface area contributed by atoms with E-state index in [9.17, 15) is 0 Å². The van der Waals surface area contributed by atoms with Gasteiger partial charge in [0, 0.05) is 11.6 Å². The van der Waals surface area contributed by atoms with Crippen LogP contribution < -0.4 is 11.1 Å². The molecule has 0 spiro atoms. The van der Waals surface area contributed by atoms with Crippen molar-refractivity contribution in [2.24, 2.45) is 5.73 Å². The first-order valence-electron chi connectivity index (χ1n) is 5.95. The second kappa shape index (κ2) is 5.58. The molecule has 0 aliphatic carbocycles. The predicted molar refractivity (Wildman–Crippen MR) is 74.6 cm³/mol. The summed E-state index contributed by atoms with van der Waals surface area (Å²) in [6, 6.07) is 6.55. The van der Waals surface area contributed by atoms with Crippen molar-refractivity contribution in [1.82, 2.24) is 5.32 Å². The van der Waals surface area contributed by atoms with Crippen LogP contribution in [0.15, 0.2) is 42.9 Å². The minimum absolute atomic E-state index is 0.223. The largest absolute Gasteiger partial charge is 0.386 e. The summed E-state index contributed by atoms with van der Waals surface area (Å²) in [5.74, 6) is 0.658. The van der Waals surface area contributed by atoms with E-state index in [-0.39, 0.29) is 5.92 Å². The van der Waals surface area contributed by atoms with Crippen molar-refractivity contribution >= 4 is 0 Å². The second-order valence-electron chi connectivity index (χ2n) is 4.44. The number of hydrogen-bond acceptors (Lipinski definition) is 2. The van der Waals surface area contributed by atoms with E-state index in [0.29, 0.717) is 5.82 Å². The molecule has 1 atom stereocenters. The Labute approximate surface area is 104 Å². The van der Waals surface area contributed by atoms with Crippen LogP contribution in [0.2, 0.25) is 0 Å². The first-order chi connectivity index (χ1) is 7.95. The van der Waals surface area contributed by atoms with E-state index in [4.69, 9.17) is 5.73 Å². The lowest BCUT2D eigenvalue weighted by Gasteiger charge is -2.18. The number of nitrogens with two attached hydrogens (primary N) is 1. The van der Waals surface area contributed by atoms with Crippen molar-refractivity contribution in [3.8, 4) is 0 Å². The summed E-state index contributed by atoms with van der Waals surface area (Å²) < 4.78 is 0. The number of rotatable bonds is 5. The molecule has 0 saturated carbocycles. The Morgan fingerprint density at radius 1 is 1.41 bits per heavy atom. The molecular formula is C15H22N2. The molecular weight excluding hydrogens is 208 g/mol. The zero-order valence-electron chi connectivity index (χ0n) is 11.0. The minimum Gasteiger partial charge on any atom is -0.386 e. The average molecular weight is 230 g/mol. The highest BCUT2D eigenvalue weighted by atomic mass is 15.0. The molecule has 0 heterocycles. The lowest BCUT2D eigenvalue weighted by molar-refractivity contribution is 0.789. The van der Waals surface area contributed by atoms with Crippen molar-refractivity contribution in [2.45, 2.75) is 33.1 Å². The second-order valence-corrected chi connectivity index (χ2v) is 4.44. The van der Waals surface area contributed by atoms with Gasteiger partial charge in [0.1, 0.15) is 0 Å². The zero-order valence-corrected chi connectivity index (χ0v) is 11.0. The molecule has 0 aliphatic rings. The monoisotopic (exact) mass is 230 g/mol. The Bertz CT molecular complexity index is 433. The fraction of sp³-hybridized carbons (Fsp3) is 0.333. The number of benzene rings is 1. The Morgan fingerprint density at radius 3 is 2.59 bits per heavy atom. The van der Waals surface area contributed by atoms with E-state index in [2.05, 4.69) is 57.4 Å². The molecule has 0 aromatic heterocycles. The van der Waals surface area contributed by atoms with Crippen LogP contribution in [0.5, 0.6) is 0 Å². The minimum atomic E-state index is 0.223. The van der Waals surface area contributed by atoms with Crippen molar-refractivity contribution in [1.29, 1.82) is 0 Å². The molecule has 2 heteroatoms. The lowest BCUT2D eigenvalue weighted by Crippen LogP contribution is -2.20. The van der Waals surface area contributed by atoms with Gasteiger partial charge in [-0.1, -0.05) is 45.2 Å². The van der Waals surface area contributed by atoms with Crippen LogP contribution >= 0.6 is 0 Å². The highest BCUT2D eigenvalue weighted by Crippen LogP contribution is 2.23. The van der Waals surface area contributed by atoms with E-state index in [1.807, 2.05) is 0 Å². The predicted octanol–water partition coefficient (Wildman–Crippen LogP) is 3.19. The summed E-state index contributed by atoms with van der Waals surface area (Å²) in [6.07, 6.45) is 1.05. The lowest BCUT2D eigenvalue weighted by atomic mass is 9.94. The highest BCUT2D eigenvalue weighted by Gasteiger charge is 2.10. The molecule has 92 valence electrons. The van der Waals surface area contributed by atoms with Gasteiger partial charge in [-0.05, 0) is 30.0 Å². The third-order valence-electron chi connectivity index (χ3n) is 3.10. The van der Waals surface area contributed by atoms with Crippen molar-refractivity contribution in [2.75, 3.05) is 0 Å². The van der Waals surface area contributed by atoms with Gasteiger partial charge in [0.2, 0.25) is 0 Å².